The lowest BCUT2D eigenvalue weighted by atomic mass is 10.1. The van der Waals surface area contributed by atoms with Crippen LogP contribution >= 0.6 is 0 Å². The summed E-state index contributed by atoms with van der Waals surface area (Å²) in [5.41, 5.74) is 0.431. The Morgan fingerprint density at radius 1 is 1.19 bits per heavy atom. The number of carbonyl (C=O) groups excluding carboxylic acids is 1. The SMILES string of the molecule is CCOCC(=O)c1c(OC)cccc1OC. The van der Waals surface area contributed by atoms with Crippen molar-refractivity contribution in [2.45, 2.75) is 6.92 Å². The fraction of sp³-hybridized carbons (Fsp3) is 0.417. The largest absolute Gasteiger partial charge is 0.496 e. The second-order valence-corrected chi connectivity index (χ2v) is 3.10. The number of hydrogen-bond acceptors (Lipinski definition) is 4. The predicted octanol–water partition coefficient (Wildman–Crippen LogP) is 1.92. The van der Waals surface area contributed by atoms with Crippen LogP contribution in [-0.2, 0) is 4.74 Å². The van der Waals surface area contributed by atoms with Gasteiger partial charge in [-0.05, 0) is 19.1 Å². The molecule has 1 aromatic rings. The normalized spacial score (nSPS) is 9.94. The van der Waals surface area contributed by atoms with E-state index in [0.717, 1.165) is 0 Å². The van der Waals surface area contributed by atoms with Gasteiger partial charge in [-0.2, -0.15) is 0 Å². The molecule has 4 heteroatoms. The standard InChI is InChI=1S/C12H16O4/c1-4-16-8-9(13)12-10(14-2)6-5-7-11(12)15-3/h5-7H,4,8H2,1-3H3. The molecule has 0 N–H and O–H groups in total. The molecule has 0 aliphatic rings. The summed E-state index contributed by atoms with van der Waals surface area (Å²) in [6.45, 7) is 2.38. The first-order valence-electron chi connectivity index (χ1n) is 5.06. The lowest BCUT2D eigenvalue weighted by Gasteiger charge is -2.11. The van der Waals surface area contributed by atoms with Crippen LogP contribution < -0.4 is 9.47 Å². The van der Waals surface area contributed by atoms with Gasteiger partial charge in [0.25, 0.3) is 0 Å². The van der Waals surface area contributed by atoms with Crippen LogP contribution in [0.15, 0.2) is 18.2 Å². The number of benzene rings is 1. The van der Waals surface area contributed by atoms with Crippen LogP contribution in [-0.4, -0.2) is 33.2 Å². The van der Waals surface area contributed by atoms with Gasteiger partial charge in [0.1, 0.15) is 23.7 Å². The summed E-state index contributed by atoms with van der Waals surface area (Å²) in [7, 11) is 3.04. The van der Waals surface area contributed by atoms with Gasteiger partial charge in [0, 0.05) is 6.61 Å². The molecule has 88 valence electrons. The summed E-state index contributed by atoms with van der Waals surface area (Å²) >= 11 is 0. The molecule has 1 rings (SSSR count). The summed E-state index contributed by atoms with van der Waals surface area (Å²) in [6.07, 6.45) is 0. The van der Waals surface area contributed by atoms with Gasteiger partial charge in [-0.1, -0.05) is 6.07 Å². The number of methoxy groups -OCH3 is 2. The fourth-order valence-electron chi connectivity index (χ4n) is 1.39. The number of rotatable bonds is 6. The number of carbonyl (C=O) groups is 1. The summed E-state index contributed by atoms with van der Waals surface area (Å²) in [4.78, 5) is 11.9. The number of Topliss-reactive ketones (excluding diaryl/α,β-unsaturated/α-hetero) is 1. The van der Waals surface area contributed by atoms with E-state index in [2.05, 4.69) is 0 Å². The van der Waals surface area contributed by atoms with Crippen LogP contribution in [0, 0.1) is 0 Å². The van der Waals surface area contributed by atoms with Crippen LogP contribution in [0.3, 0.4) is 0 Å². The first-order chi connectivity index (χ1) is 7.74. The molecular weight excluding hydrogens is 208 g/mol. The van der Waals surface area contributed by atoms with Gasteiger partial charge in [-0.25, -0.2) is 0 Å². The molecule has 16 heavy (non-hydrogen) atoms. The average Bonchev–Trinajstić information content (AvgIpc) is 2.34. The van der Waals surface area contributed by atoms with Crippen molar-refractivity contribution in [3.63, 3.8) is 0 Å². The Kier molecular flexibility index (Phi) is 4.79. The Hall–Kier alpha value is -1.55. The molecule has 0 aliphatic carbocycles. The Balaban J connectivity index is 3.03. The highest BCUT2D eigenvalue weighted by molar-refractivity contribution is 6.02. The quantitative estimate of drug-likeness (QED) is 0.692. The first kappa shape index (κ1) is 12.5. The molecule has 1 aromatic carbocycles. The summed E-state index contributed by atoms with van der Waals surface area (Å²) < 4.78 is 15.4. The summed E-state index contributed by atoms with van der Waals surface area (Å²) in [5.74, 6) is 0.865. The zero-order chi connectivity index (χ0) is 12.0. The Morgan fingerprint density at radius 2 is 1.75 bits per heavy atom. The fourth-order valence-corrected chi connectivity index (χ4v) is 1.39. The molecule has 0 fully saturated rings. The van der Waals surface area contributed by atoms with Gasteiger partial charge in [-0.15, -0.1) is 0 Å². The highest BCUT2D eigenvalue weighted by atomic mass is 16.5. The Morgan fingerprint density at radius 3 is 2.19 bits per heavy atom. The molecule has 4 nitrogen and oxygen atoms in total. The zero-order valence-electron chi connectivity index (χ0n) is 9.78. The van der Waals surface area contributed by atoms with E-state index in [1.807, 2.05) is 6.92 Å². The molecule has 0 radical (unpaired) electrons. The van der Waals surface area contributed by atoms with Gasteiger partial charge in [0.05, 0.1) is 14.2 Å². The van der Waals surface area contributed by atoms with E-state index >= 15 is 0 Å². The Bertz CT molecular complexity index is 338. The molecule has 0 amide bonds. The molecule has 0 aliphatic heterocycles. The maximum absolute atomic E-state index is 11.9. The van der Waals surface area contributed by atoms with Gasteiger partial charge < -0.3 is 14.2 Å². The topological polar surface area (TPSA) is 44.8 Å². The molecule has 0 heterocycles. The van der Waals surface area contributed by atoms with Crippen LogP contribution in [0.5, 0.6) is 11.5 Å². The molecule has 0 aromatic heterocycles. The van der Waals surface area contributed by atoms with Crippen molar-refractivity contribution in [3.05, 3.63) is 23.8 Å². The van der Waals surface area contributed by atoms with Gasteiger partial charge in [-0.3, -0.25) is 4.79 Å². The van der Waals surface area contributed by atoms with E-state index in [4.69, 9.17) is 14.2 Å². The maximum Gasteiger partial charge on any atom is 0.195 e. The second kappa shape index (κ2) is 6.12. The molecule has 0 spiro atoms. The molecule has 0 saturated carbocycles. The lowest BCUT2D eigenvalue weighted by molar-refractivity contribution is 0.0777. The van der Waals surface area contributed by atoms with Crippen LogP contribution in [0.4, 0.5) is 0 Å². The summed E-state index contributed by atoms with van der Waals surface area (Å²) in [6, 6.07) is 5.22. The van der Waals surface area contributed by atoms with Crippen LogP contribution in [0.25, 0.3) is 0 Å². The van der Waals surface area contributed by atoms with Crippen molar-refractivity contribution >= 4 is 5.78 Å². The smallest absolute Gasteiger partial charge is 0.195 e. The lowest BCUT2D eigenvalue weighted by Crippen LogP contribution is -2.11. The molecular formula is C12H16O4. The highest BCUT2D eigenvalue weighted by Crippen LogP contribution is 2.28. The highest BCUT2D eigenvalue weighted by Gasteiger charge is 2.17. The Labute approximate surface area is 95.1 Å². The maximum atomic E-state index is 11.9. The van der Waals surface area contributed by atoms with Crippen molar-refractivity contribution in [1.82, 2.24) is 0 Å². The van der Waals surface area contributed by atoms with E-state index in [-0.39, 0.29) is 12.4 Å². The van der Waals surface area contributed by atoms with Crippen molar-refractivity contribution < 1.29 is 19.0 Å². The van der Waals surface area contributed by atoms with E-state index in [1.165, 1.54) is 14.2 Å². The number of hydrogen-bond donors (Lipinski definition) is 0. The second-order valence-electron chi connectivity index (χ2n) is 3.10. The minimum Gasteiger partial charge on any atom is -0.496 e. The third kappa shape index (κ3) is 2.73. The van der Waals surface area contributed by atoms with E-state index < -0.39 is 0 Å². The van der Waals surface area contributed by atoms with Crippen LogP contribution in [0.2, 0.25) is 0 Å². The van der Waals surface area contributed by atoms with Crippen molar-refractivity contribution in [1.29, 1.82) is 0 Å². The molecule has 0 unspecified atom stereocenters. The van der Waals surface area contributed by atoms with Crippen molar-refractivity contribution in [3.8, 4) is 11.5 Å². The van der Waals surface area contributed by atoms with Crippen molar-refractivity contribution in [2.24, 2.45) is 0 Å². The summed E-state index contributed by atoms with van der Waals surface area (Å²) in [5, 5.41) is 0. The van der Waals surface area contributed by atoms with Gasteiger partial charge in [0.2, 0.25) is 0 Å². The number of ketones is 1. The first-order valence-corrected chi connectivity index (χ1v) is 5.06. The molecule has 0 bridgehead atoms. The van der Waals surface area contributed by atoms with E-state index in [1.54, 1.807) is 18.2 Å². The third-order valence-electron chi connectivity index (χ3n) is 2.14. The number of ether oxygens (including phenoxy) is 3. The average molecular weight is 224 g/mol. The monoisotopic (exact) mass is 224 g/mol. The predicted molar refractivity (Wildman–Crippen MR) is 60.4 cm³/mol. The minimum absolute atomic E-state index is 0.0350. The zero-order valence-corrected chi connectivity index (χ0v) is 9.78. The molecule has 0 atom stereocenters. The van der Waals surface area contributed by atoms with Crippen molar-refractivity contribution in [2.75, 3.05) is 27.4 Å². The third-order valence-corrected chi connectivity index (χ3v) is 2.14. The van der Waals surface area contributed by atoms with Gasteiger partial charge >= 0.3 is 0 Å². The minimum atomic E-state index is -0.142. The van der Waals surface area contributed by atoms with Crippen LogP contribution in [0.1, 0.15) is 17.3 Å². The van der Waals surface area contributed by atoms with Gasteiger partial charge in [0.15, 0.2) is 5.78 Å². The molecule has 0 saturated heterocycles. The van der Waals surface area contributed by atoms with E-state index in [0.29, 0.717) is 23.7 Å². The van der Waals surface area contributed by atoms with E-state index in [9.17, 15) is 4.79 Å².